The topological polar surface area (TPSA) is 71.9 Å². The van der Waals surface area contributed by atoms with Gasteiger partial charge in [-0.25, -0.2) is 0 Å². The number of aromatic amines is 1. The summed E-state index contributed by atoms with van der Waals surface area (Å²) >= 11 is 6.88. The second kappa shape index (κ2) is 7.37. The summed E-state index contributed by atoms with van der Waals surface area (Å²) in [4.78, 5) is 13.3. The van der Waals surface area contributed by atoms with Gasteiger partial charge in [0.05, 0.1) is 17.0 Å². The van der Waals surface area contributed by atoms with Gasteiger partial charge in [-0.15, -0.1) is 11.3 Å². The summed E-state index contributed by atoms with van der Waals surface area (Å²) < 4.78 is 7.83. The summed E-state index contributed by atoms with van der Waals surface area (Å²) in [6.07, 6.45) is 3.60. The molecule has 2 atom stereocenters. The van der Waals surface area contributed by atoms with Gasteiger partial charge in [0.25, 0.3) is 0 Å². The molecule has 1 fully saturated rings. The van der Waals surface area contributed by atoms with E-state index >= 15 is 0 Å². The second-order valence-electron chi connectivity index (χ2n) is 5.61. The van der Waals surface area contributed by atoms with Gasteiger partial charge in [0.1, 0.15) is 0 Å². The van der Waals surface area contributed by atoms with Crippen LogP contribution in [-0.4, -0.2) is 39.9 Å². The van der Waals surface area contributed by atoms with Crippen LogP contribution in [0.1, 0.15) is 25.7 Å². The van der Waals surface area contributed by atoms with Crippen LogP contribution in [0.4, 0.5) is 0 Å². The number of H-pyrrole nitrogens is 1. The monoisotopic (exact) mass is 352 g/mol. The third kappa shape index (κ3) is 3.70. The summed E-state index contributed by atoms with van der Waals surface area (Å²) in [6, 6.07) is 4.09. The Kier molecular flexibility index (Phi) is 5.24. The molecule has 0 spiro atoms. The number of nitrogens with one attached hydrogen (secondary N) is 2. The molecule has 0 aliphatic heterocycles. The fourth-order valence-corrected chi connectivity index (χ4v) is 3.93. The van der Waals surface area contributed by atoms with Gasteiger partial charge in [0, 0.05) is 20.1 Å². The normalized spacial score (nSPS) is 20.7. The van der Waals surface area contributed by atoms with E-state index in [9.17, 15) is 4.79 Å². The molecular weight excluding hydrogens is 332 g/mol. The number of carbonyl (C=O) groups is 1. The number of rotatable bonds is 6. The number of carbonyl (C=O) groups excluding carboxylic acids is 1. The van der Waals surface area contributed by atoms with Gasteiger partial charge in [-0.1, -0.05) is 6.07 Å². The number of thiophene rings is 1. The van der Waals surface area contributed by atoms with Crippen LogP contribution in [0.3, 0.4) is 0 Å². The van der Waals surface area contributed by atoms with E-state index in [2.05, 4.69) is 15.5 Å². The molecule has 23 heavy (non-hydrogen) atoms. The van der Waals surface area contributed by atoms with E-state index in [1.165, 1.54) is 0 Å². The van der Waals surface area contributed by atoms with Gasteiger partial charge < -0.3 is 10.1 Å². The Labute approximate surface area is 143 Å². The summed E-state index contributed by atoms with van der Waals surface area (Å²) in [5.41, 5.74) is 0. The van der Waals surface area contributed by atoms with Crippen LogP contribution < -0.4 is 5.32 Å². The Bertz CT molecular complexity index is 707. The summed E-state index contributed by atoms with van der Waals surface area (Å²) in [6.45, 7) is 0.513. The average molecular weight is 352 g/mol. The predicted octanol–water partition coefficient (Wildman–Crippen LogP) is 2.74. The van der Waals surface area contributed by atoms with Crippen LogP contribution in [0.15, 0.2) is 17.5 Å². The molecule has 1 aliphatic rings. The largest absolute Gasteiger partial charge is 0.379 e. The van der Waals surface area contributed by atoms with Crippen molar-refractivity contribution in [2.75, 3.05) is 7.11 Å². The highest BCUT2D eigenvalue weighted by atomic mass is 32.1. The summed E-state index contributed by atoms with van der Waals surface area (Å²) in [7, 11) is 1.70. The van der Waals surface area contributed by atoms with Gasteiger partial charge in [-0.3, -0.25) is 14.5 Å². The van der Waals surface area contributed by atoms with Gasteiger partial charge >= 0.3 is 0 Å². The highest BCUT2D eigenvalue weighted by Gasteiger charge is 2.28. The lowest BCUT2D eigenvalue weighted by Crippen LogP contribution is -2.41. The maximum absolute atomic E-state index is 12.2. The zero-order valence-corrected chi connectivity index (χ0v) is 14.6. The Morgan fingerprint density at radius 2 is 2.48 bits per heavy atom. The van der Waals surface area contributed by atoms with E-state index in [0.717, 1.165) is 30.0 Å². The Balaban J connectivity index is 1.61. The third-order valence-electron chi connectivity index (χ3n) is 4.16. The molecule has 0 unspecified atom stereocenters. The molecule has 2 N–H and O–H groups in total. The lowest BCUT2D eigenvalue weighted by atomic mass is 10.2. The fraction of sp³-hybridized carbons (Fsp3) is 0.533. The van der Waals surface area contributed by atoms with Crippen molar-refractivity contribution >= 4 is 29.5 Å². The first kappa shape index (κ1) is 16.4. The number of ether oxygens (including phenoxy) is 1. The maximum Gasteiger partial charge on any atom is 0.222 e. The molecule has 0 aromatic carbocycles. The molecule has 3 rings (SSSR count). The van der Waals surface area contributed by atoms with Crippen molar-refractivity contribution in [1.82, 2.24) is 20.1 Å². The molecule has 2 aromatic rings. The van der Waals surface area contributed by atoms with Crippen LogP contribution in [0.2, 0.25) is 0 Å². The predicted molar refractivity (Wildman–Crippen MR) is 91.9 cm³/mol. The molecule has 0 radical (unpaired) electrons. The molecule has 124 valence electrons. The molecule has 1 aliphatic carbocycles. The van der Waals surface area contributed by atoms with Crippen LogP contribution in [0.5, 0.6) is 0 Å². The van der Waals surface area contributed by atoms with Gasteiger partial charge in [0.2, 0.25) is 5.91 Å². The highest BCUT2D eigenvalue weighted by Crippen LogP contribution is 2.23. The second-order valence-corrected chi connectivity index (χ2v) is 6.94. The number of nitrogens with zero attached hydrogens (tertiary/aromatic N) is 2. The molecule has 0 bridgehead atoms. The first-order valence-corrected chi connectivity index (χ1v) is 8.99. The number of hydrogen-bond acceptors (Lipinski definition) is 5. The number of methoxy groups -OCH3 is 1. The molecule has 8 heteroatoms. The van der Waals surface area contributed by atoms with Crippen molar-refractivity contribution in [3.05, 3.63) is 22.3 Å². The molecule has 0 saturated heterocycles. The van der Waals surface area contributed by atoms with Gasteiger partial charge in [-0.2, -0.15) is 5.10 Å². The van der Waals surface area contributed by atoms with Crippen LogP contribution in [0.25, 0.3) is 10.7 Å². The van der Waals surface area contributed by atoms with Crippen molar-refractivity contribution < 1.29 is 9.53 Å². The summed E-state index contributed by atoms with van der Waals surface area (Å²) in [5.74, 6) is 0.813. The molecule has 1 saturated carbocycles. The Hall–Kier alpha value is -1.51. The molecular formula is C15H20N4O2S2. The van der Waals surface area contributed by atoms with E-state index in [1.54, 1.807) is 18.4 Å². The number of aromatic nitrogens is 3. The lowest BCUT2D eigenvalue weighted by molar-refractivity contribution is -0.122. The number of hydrogen-bond donors (Lipinski definition) is 2. The van der Waals surface area contributed by atoms with E-state index in [0.29, 0.717) is 17.7 Å². The van der Waals surface area contributed by atoms with Crippen LogP contribution in [0, 0.1) is 4.77 Å². The van der Waals surface area contributed by atoms with E-state index < -0.39 is 0 Å². The first-order chi connectivity index (χ1) is 11.2. The minimum absolute atomic E-state index is 0.0270. The quantitative estimate of drug-likeness (QED) is 0.784. The Morgan fingerprint density at radius 3 is 3.22 bits per heavy atom. The smallest absolute Gasteiger partial charge is 0.222 e. The maximum atomic E-state index is 12.2. The van der Waals surface area contributed by atoms with Gasteiger partial charge in [0.15, 0.2) is 10.6 Å². The van der Waals surface area contributed by atoms with E-state index in [1.807, 2.05) is 22.1 Å². The van der Waals surface area contributed by atoms with E-state index in [-0.39, 0.29) is 18.1 Å². The fourth-order valence-electron chi connectivity index (χ4n) is 2.98. The van der Waals surface area contributed by atoms with Crippen LogP contribution in [-0.2, 0) is 16.1 Å². The highest BCUT2D eigenvalue weighted by molar-refractivity contribution is 7.71. The molecule has 2 heterocycles. The Morgan fingerprint density at radius 1 is 1.61 bits per heavy atom. The van der Waals surface area contributed by atoms with Crippen molar-refractivity contribution in [1.29, 1.82) is 0 Å². The zero-order valence-electron chi connectivity index (χ0n) is 12.9. The number of amides is 1. The first-order valence-electron chi connectivity index (χ1n) is 7.70. The van der Waals surface area contributed by atoms with E-state index in [4.69, 9.17) is 17.0 Å². The standard InChI is InChI=1S/C15H20N4O2S2/c1-21-11-5-2-4-10(11)16-13(20)7-8-19-14(17-18-15(19)22)12-6-3-9-23-12/h3,6,9-11H,2,4-5,7-8H2,1H3,(H,16,20)(H,18,22)/t10-,11+/m1/s1. The van der Waals surface area contributed by atoms with Crippen molar-refractivity contribution in [3.63, 3.8) is 0 Å². The van der Waals surface area contributed by atoms with Crippen molar-refractivity contribution in [2.45, 2.75) is 44.4 Å². The van der Waals surface area contributed by atoms with Gasteiger partial charge in [-0.05, 0) is 42.9 Å². The average Bonchev–Trinajstić information content (AvgIpc) is 3.25. The third-order valence-corrected chi connectivity index (χ3v) is 5.34. The lowest BCUT2D eigenvalue weighted by Gasteiger charge is -2.19. The van der Waals surface area contributed by atoms with Crippen molar-refractivity contribution in [3.8, 4) is 10.7 Å². The molecule has 2 aromatic heterocycles. The molecule has 1 amide bonds. The summed E-state index contributed by atoms with van der Waals surface area (Å²) in [5, 5.41) is 12.2. The zero-order chi connectivity index (χ0) is 16.2. The molecule has 6 nitrogen and oxygen atoms in total. The van der Waals surface area contributed by atoms with Crippen LogP contribution >= 0.6 is 23.6 Å². The van der Waals surface area contributed by atoms with Crippen molar-refractivity contribution in [2.24, 2.45) is 0 Å². The SMILES string of the molecule is CO[C@H]1CCC[C@H]1NC(=O)CCn1c(-c2cccs2)n[nH]c1=S. The minimum Gasteiger partial charge on any atom is -0.379 e. The minimum atomic E-state index is 0.0270.